The van der Waals surface area contributed by atoms with Gasteiger partial charge in [-0.2, -0.15) is 5.26 Å². The molecule has 1 amide bonds. The number of amides is 1. The van der Waals surface area contributed by atoms with Gasteiger partial charge in [0.15, 0.2) is 0 Å². The largest absolute Gasteiger partial charge is 0.444 e. The zero-order valence-corrected chi connectivity index (χ0v) is 15.6. The fourth-order valence-corrected chi connectivity index (χ4v) is 2.86. The molecule has 0 atom stereocenters. The molecule has 0 bridgehead atoms. The monoisotopic (exact) mass is 397 g/mol. The van der Waals surface area contributed by atoms with Crippen LogP contribution >= 0.6 is 15.9 Å². The van der Waals surface area contributed by atoms with E-state index in [0.29, 0.717) is 36.1 Å². The molecule has 0 spiro atoms. The molecular formula is C17H21BrFN3O2. The molecule has 7 heteroatoms. The van der Waals surface area contributed by atoms with Gasteiger partial charge in [-0.3, -0.25) is 0 Å². The summed E-state index contributed by atoms with van der Waals surface area (Å²) < 4.78 is 19.5. The molecule has 1 saturated heterocycles. The van der Waals surface area contributed by atoms with Gasteiger partial charge in [-0.15, -0.1) is 0 Å². The Morgan fingerprint density at radius 2 is 2.04 bits per heavy atom. The average Bonchev–Trinajstić information content (AvgIpc) is 2.50. The van der Waals surface area contributed by atoms with E-state index in [0.717, 1.165) is 0 Å². The highest BCUT2D eigenvalue weighted by atomic mass is 79.9. The lowest BCUT2D eigenvalue weighted by Crippen LogP contribution is -2.51. The summed E-state index contributed by atoms with van der Waals surface area (Å²) in [4.78, 5) is 13.7. The fraction of sp³-hybridized carbons (Fsp3) is 0.529. The van der Waals surface area contributed by atoms with E-state index in [9.17, 15) is 14.4 Å². The zero-order valence-electron chi connectivity index (χ0n) is 14.0. The summed E-state index contributed by atoms with van der Waals surface area (Å²) in [5.74, 6) is -0.375. The first-order chi connectivity index (χ1) is 11.1. The molecule has 1 heterocycles. The Kier molecular flexibility index (Phi) is 5.38. The number of rotatable bonds is 2. The normalized spacial score (nSPS) is 17.1. The predicted octanol–water partition coefficient (Wildman–Crippen LogP) is 4.29. The van der Waals surface area contributed by atoms with E-state index in [1.807, 2.05) is 20.8 Å². The van der Waals surface area contributed by atoms with E-state index in [4.69, 9.17) is 4.74 Å². The number of nitriles is 1. The fourth-order valence-electron chi connectivity index (χ4n) is 2.51. The number of hydrogen-bond donors (Lipinski definition) is 1. The number of likely N-dealkylation sites (tertiary alicyclic amines) is 1. The highest BCUT2D eigenvalue weighted by Crippen LogP contribution is 2.31. The Hall–Kier alpha value is -1.81. The number of anilines is 1. The van der Waals surface area contributed by atoms with Crippen molar-refractivity contribution >= 4 is 27.7 Å². The maximum absolute atomic E-state index is 13.4. The third kappa shape index (κ3) is 4.60. The number of nitrogens with zero attached hydrogens (tertiary/aromatic N) is 2. The lowest BCUT2D eigenvalue weighted by atomic mass is 9.88. The molecule has 24 heavy (non-hydrogen) atoms. The van der Waals surface area contributed by atoms with E-state index in [-0.39, 0.29) is 11.9 Å². The average molecular weight is 398 g/mol. The van der Waals surface area contributed by atoms with Gasteiger partial charge in [-0.1, -0.05) is 0 Å². The quantitative estimate of drug-likeness (QED) is 0.807. The van der Waals surface area contributed by atoms with Gasteiger partial charge < -0.3 is 15.0 Å². The highest BCUT2D eigenvalue weighted by molar-refractivity contribution is 9.10. The second kappa shape index (κ2) is 6.98. The standard InChI is InChI=1S/C17H21BrFN3O2/c1-16(2,3)24-15(23)22-8-6-17(11-20,7-9-22)21-14-10-12(19)4-5-13(14)18/h4-5,10,21H,6-9H2,1-3H3. The molecule has 0 aliphatic carbocycles. The smallest absolute Gasteiger partial charge is 0.410 e. The predicted molar refractivity (Wildman–Crippen MR) is 93.1 cm³/mol. The third-order valence-corrected chi connectivity index (χ3v) is 4.48. The van der Waals surface area contributed by atoms with Crippen LogP contribution in [0.25, 0.3) is 0 Å². The molecule has 130 valence electrons. The van der Waals surface area contributed by atoms with Crippen molar-refractivity contribution in [3.05, 3.63) is 28.5 Å². The van der Waals surface area contributed by atoms with Crippen molar-refractivity contribution in [1.82, 2.24) is 4.90 Å². The summed E-state index contributed by atoms with van der Waals surface area (Å²) in [6.07, 6.45) is 0.498. The molecule has 0 saturated carbocycles. The van der Waals surface area contributed by atoms with Gasteiger partial charge in [0, 0.05) is 30.4 Å². The topological polar surface area (TPSA) is 65.4 Å². The van der Waals surface area contributed by atoms with E-state index >= 15 is 0 Å². The van der Waals surface area contributed by atoms with E-state index in [1.165, 1.54) is 12.1 Å². The first-order valence-electron chi connectivity index (χ1n) is 7.77. The number of carbonyl (C=O) groups excluding carboxylic acids is 1. The van der Waals surface area contributed by atoms with Crippen molar-refractivity contribution in [2.24, 2.45) is 0 Å². The van der Waals surface area contributed by atoms with Gasteiger partial charge in [0.25, 0.3) is 0 Å². The maximum atomic E-state index is 13.4. The number of halogens is 2. The van der Waals surface area contributed by atoms with Gasteiger partial charge >= 0.3 is 6.09 Å². The van der Waals surface area contributed by atoms with Crippen LogP contribution in [0.2, 0.25) is 0 Å². The van der Waals surface area contributed by atoms with Gasteiger partial charge in [0.1, 0.15) is 17.0 Å². The van der Waals surface area contributed by atoms with Crippen LogP contribution in [-0.2, 0) is 4.74 Å². The second-order valence-corrected chi connectivity index (χ2v) is 7.76. The maximum Gasteiger partial charge on any atom is 0.410 e. The van der Waals surface area contributed by atoms with Crippen molar-refractivity contribution in [3.8, 4) is 6.07 Å². The molecule has 1 aromatic rings. The number of ether oxygens (including phenoxy) is 1. The van der Waals surface area contributed by atoms with Crippen LogP contribution in [0.1, 0.15) is 33.6 Å². The SMILES string of the molecule is CC(C)(C)OC(=O)N1CCC(C#N)(Nc2cc(F)ccc2Br)CC1. The lowest BCUT2D eigenvalue weighted by molar-refractivity contribution is 0.0195. The number of benzene rings is 1. The van der Waals surface area contributed by atoms with E-state index < -0.39 is 11.1 Å². The minimum absolute atomic E-state index is 0.374. The Bertz CT molecular complexity index is 659. The van der Waals surface area contributed by atoms with Crippen LogP contribution in [-0.4, -0.2) is 35.2 Å². The number of carbonyl (C=O) groups is 1. The van der Waals surface area contributed by atoms with E-state index in [2.05, 4.69) is 27.3 Å². The molecule has 2 rings (SSSR count). The van der Waals surface area contributed by atoms with Crippen LogP contribution < -0.4 is 5.32 Å². The summed E-state index contributed by atoms with van der Waals surface area (Å²) in [5.41, 5.74) is -0.859. The summed E-state index contributed by atoms with van der Waals surface area (Å²) >= 11 is 3.36. The molecule has 1 fully saturated rings. The molecular weight excluding hydrogens is 377 g/mol. The Labute approximate surface area is 149 Å². The second-order valence-electron chi connectivity index (χ2n) is 6.91. The minimum atomic E-state index is -0.838. The molecule has 0 radical (unpaired) electrons. The summed E-state index contributed by atoms with van der Waals surface area (Å²) in [5, 5.41) is 12.8. The number of nitrogens with one attached hydrogen (secondary N) is 1. The van der Waals surface area contributed by atoms with Crippen LogP contribution in [0.4, 0.5) is 14.9 Å². The molecule has 0 unspecified atom stereocenters. The van der Waals surface area contributed by atoms with Crippen molar-refractivity contribution in [2.75, 3.05) is 18.4 Å². The van der Waals surface area contributed by atoms with Gasteiger partial charge in [-0.05, 0) is 54.9 Å². The van der Waals surface area contributed by atoms with Gasteiger partial charge in [0.05, 0.1) is 11.8 Å². The van der Waals surface area contributed by atoms with Crippen molar-refractivity contribution in [2.45, 2.75) is 44.8 Å². The van der Waals surface area contributed by atoms with Crippen molar-refractivity contribution in [3.63, 3.8) is 0 Å². The van der Waals surface area contributed by atoms with Crippen LogP contribution in [0.15, 0.2) is 22.7 Å². The molecule has 1 aromatic carbocycles. The van der Waals surface area contributed by atoms with Crippen LogP contribution in [0.5, 0.6) is 0 Å². The number of hydrogen-bond acceptors (Lipinski definition) is 4. The lowest BCUT2D eigenvalue weighted by Gasteiger charge is -2.38. The first kappa shape index (κ1) is 18.5. The third-order valence-electron chi connectivity index (χ3n) is 3.79. The summed E-state index contributed by atoms with van der Waals surface area (Å²) in [7, 11) is 0. The van der Waals surface area contributed by atoms with Crippen LogP contribution in [0.3, 0.4) is 0 Å². The Balaban J connectivity index is 2.05. The molecule has 0 aromatic heterocycles. The zero-order chi connectivity index (χ0) is 18.0. The van der Waals surface area contributed by atoms with Crippen molar-refractivity contribution in [1.29, 1.82) is 5.26 Å². The summed E-state index contributed by atoms with van der Waals surface area (Å²) in [6.45, 7) is 6.26. The molecule has 1 aliphatic rings. The Morgan fingerprint density at radius 3 is 2.58 bits per heavy atom. The summed E-state index contributed by atoms with van der Waals surface area (Å²) in [6, 6.07) is 6.58. The van der Waals surface area contributed by atoms with Crippen LogP contribution in [0, 0.1) is 17.1 Å². The molecule has 5 nitrogen and oxygen atoms in total. The molecule has 1 aliphatic heterocycles. The van der Waals surface area contributed by atoms with Crippen molar-refractivity contribution < 1.29 is 13.9 Å². The highest BCUT2D eigenvalue weighted by Gasteiger charge is 2.37. The Morgan fingerprint density at radius 1 is 1.42 bits per heavy atom. The van der Waals surface area contributed by atoms with E-state index in [1.54, 1.807) is 11.0 Å². The minimum Gasteiger partial charge on any atom is -0.444 e. The van der Waals surface area contributed by atoms with Gasteiger partial charge in [0.2, 0.25) is 0 Å². The first-order valence-corrected chi connectivity index (χ1v) is 8.56. The van der Waals surface area contributed by atoms with Gasteiger partial charge in [-0.25, -0.2) is 9.18 Å². The molecule has 1 N–H and O–H groups in total. The number of piperidine rings is 1.